The number of rotatable bonds is 8. The van der Waals surface area contributed by atoms with E-state index in [1.807, 2.05) is 6.92 Å². The number of hydrogen-bond acceptors (Lipinski definition) is 5. The van der Waals surface area contributed by atoms with Crippen LogP contribution < -0.4 is 4.74 Å². The minimum Gasteiger partial charge on any atom is -0.491 e. The summed E-state index contributed by atoms with van der Waals surface area (Å²) in [5.74, 6) is -0.938. The lowest BCUT2D eigenvalue weighted by molar-refractivity contribution is -0.142. The molecule has 2 bridgehead atoms. The number of hydrogen-bond donors (Lipinski definition) is 1. The Bertz CT molecular complexity index is 717. The molecule has 25 heavy (non-hydrogen) atoms. The maximum absolute atomic E-state index is 12.9. The van der Waals surface area contributed by atoms with E-state index in [4.69, 9.17) is 9.47 Å². The fourth-order valence-corrected chi connectivity index (χ4v) is 5.69. The predicted molar refractivity (Wildman–Crippen MR) is 90.0 cm³/mol. The topological polar surface area (TPSA) is 93.1 Å². The molecule has 0 radical (unpaired) electrons. The largest absolute Gasteiger partial charge is 0.491 e. The normalized spacial score (nSPS) is 26.0. The van der Waals surface area contributed by atoms with Crippen molar-refractivity contribution in [2.24, 2.45) is 5.92 Å². The molecule has 2 saturated heterocycles. The highest BCUT2D eigenvalue weighted by molar-refractivity contribution is 7.89. The van der Waals surface area contributed by atoms with Crippen LogP contribution >= 0.6 is 0 Å². The van der Waals surface area contributed by atoms with E-state index in [9.17, 15) is 18.3 Å². The van der Waals surface area contributed by atoms with Crippen molar-refractivity contribution >= 4 is 16.0 Å². The first-order valence-corrected chi connectivity index (χ1v) is 9.96. The summed E-state index contributed by atoms with van der Waals surface area (Å²) in [4.78, 5) is 11.5. The Labute approximate surface area is 147 Å². The van der Waals surface area contributed by atoms with Crippen LogP contribution in [0.4, 0.5) is 0 Å². The van der Waals surface area contributed by atoms with Crippen molar-refractivity contribution in [1.29, 1.82) is 0 Å². The third-order valence-corrected chi connectivity index (χ3v) is 6.88. The summed E-state index contributed by atoms with van der Waals surface area (Å²) in [5, 5.41) is 9.30. The molecule has 7 nitrogen and oxygen atoms in total. The third-order valence-electron chi connectivity index (χ3n) is 4.89. The van der Waals surface area contributed by atoms with Gasteiger partial charge >= 0.3 is 5.97 Å². The average Bonchev–Trinajstić information content (AvgIpc) is 3.18. The molecule has 0 amide bonds. The minimum atomic E-state index is -3.70. The highest BCUT2D eigenvalue weighted by Crippen LogP contribution is 2.45. The van der Waals surface area contributed by atoms with Crippen molar-refractivity contribution < 1.29 is 27.8 Å². The zero-order valence-corrected chi connectivity index (χ0v) is 14.9. The Morgan fingerprint density at radius 1 is 1.24 bits per heavy atom. The van der Waals surface area contributed by atoms with E-state index in [-0.39, 0.29) is 10.9 Å². The van der Waals surface area contributed by atoms with E-state index >= 15 is 0 Å². The van der Waals surface area contributed by atoms with E-state index in [1.165, 1.54) is 16.4 Å². The van der Waals surface area contributed by atoms with Crippen molar-refractivity contribution in [3.8, 4) is 5.75 Å². The van der Waals surface area contributed by atoms with Crippen molar-refractivity contribution in [3.05, 3.63) is 24.3 Å². The van der Waals surface area contributed by atoms with Crippen LogP contribution in [0.25, 0.3) is 0 Å². The molecule has 1 N–H and O–H groups in total. The lowest BCUT2D eigenvalue weighted by Crippen LogP contribution is -2.37. The van der Waals surface area contributed by atoms with Gasteiger partial charge in [0.25, 0.3) is 0 Å². The van der Waals surface area contributed by atoms with E-state index in [2.05, 4.69) is 0 Å². The van der Waals surface area contributed by atoms with Crippen LogP contribution in [0.1, 0.15) is 26.2 Å². The monoisotopic (exact) mass is 369 g/mol. The number of nitrogens with zero attached hydrogens (tertiary/aromatic N) is 1. The van der Waals surface area contributed by atoms with Crippen molar-refractivity contribution in [2.75, 3.05) is 19.8 Å². The average molecular weight is 369 g/mol. The van der Waals surface area contributed by atoms with Crippen LogP contribution in [0.2, 0.25) is 0 Å². The van der Waals surface area contributed by atoms with Gasteiger partial charge in [-0.1, -0.05) is 0 Å². The molecule has 0 saturated carbocycles. The number of carboxylic acid groups (broad SMARTS) is 1. The number of sulfonamides is 1. The number of aliphatic carboxylic acids is 1. The molecule has 3 rings (SSSR count). The van der Waals surface area contributed by atoms with Crippen molar-refractivity contribution in [1.82, 2.24) is 4.31 Å². The first kappa shape index (κ1) is 18.2. The number of fused-ring (bicyclic) bond motifs is 2. The quantitative estimate of drug-likeness (QED) is 0.702. The number of carboxylic acids is 1. The fourth-order valence-electron chi connectivity index (χ4n) is 3.77. The smallest absolute Gasteiger partial charge is 0.308 e. The highest BCUT2D eigenvalue weighted by atomic mass is 32.2. The van der Waals surface area contributed by atoms with Crippen LogP contribution in [-0.4, -0.2) is 55.7 Å². The molecule has 3 unspecified atom stereocenters. The second-order valence-electron chi connectivity index (χ2n) is 6.33. The second kappa shape index (κ2) is 7.31. The van der Waals surface area contributed by atoms with E-state index in [0.717, 1.165) is 6.42 Å². The summed E-state index contributed by atoms with van der Waals surface area (Å²) in [5.41, 5.74) is 0. The first-order valence-electron chi connectivity index (χ1n) is 8.52. The summed E-state index contributed by atoms with van der Waals surface area (Å²) in [6.07, 6.45) is 1.74. The maximum Gasteiger partial charge on any atom is 0.308 e. The Kier molecular flexibility index (Phi) is 5.31. The number of ether oxygens (including phenoxy) is 2. The van der Waals surface area contributed by atoms with Crippen LogP contribution in [0.3, 0.4) is 0 Å². The highest BCUT2D eigenvalue weighted by Gasteiger charge is 2.54. The van der Waals surface area contributed by atoms with Gasteiger partial charge in [-0.05, 0) is 50.5 Å². The molecule has 3 atom stereocenters. The summed E-state index contributed by atoms with van der Waals surface area (Å²) in [7, 11) is -3.70. The van der Waals surface area contributed by atoms with Gasteiger partial charge < -0.3 is 14.6 Å². The van der Waals surface area contributed by atoms with Gasteiger partial charge in [-0.2, -0.15) is 4.31 Å². The Morgan fingerprint density at radius 2 is 1.96 bits per heavy atom. The summed E-state index contributed by atoms with van der Waals surface area (Å²) < 4.78 is 38.0. The molecular formula is C17H23NO6S. The molecule has 2 fully saturated rings. The standard InChI is InChI=1S/C17H23NO6S/c1-2-23-9-10-24-13-4-6-14(7-5-13)25(21,22)18-12-3-8-16(18)15(11-12)17(19)20/h4-7,12,15-16H,2-3,8-11H2,1H3,(H,19,20). The molecule has 1 aromatic rings. The van der Waals surface area contributed by atoms with Gasteiger partial charge in [-0.15, -0.1) is 0 Å². The molecule has 2 heterocycles. The SMILES string of the molecule is CCOCCOc1ccc(S(=O)(=O)N2C3CCC2C(C(=O)O)C3)cc1. The van der Waals surface area contributed by atoms with Crippen molar-refractivity contribution in [3.63, 3.8) is 0 Å². The van der Waals surface area contributed by atoms with Gasteiger partial charge in [0.1, 0.15) is 12.4 Å². The Hall–Kier alpha value is -1.64. The first-order chi connectivity index (χ1) is 11.9. The minimum absolute atomic E-state index is 0.174. The Balaban J connectivity index is 1.72. The lowest BCUT2D eigenvalue weighted by Gasteiger charge is -2.22. The van der Waals surface area contributed by atoms with Crippen LogP contribution in [0, 0.1) is 5.92 Å². The summed E-state index contributed by atoms with van der Waals surface area (Å²) in [6.45, 7) is 3.40. The van der Waals surface area contributed by atoms with Crippen LogP contribution in [0.5, 0.6) is 5.75 Å². The van der Waals surface area contributed by atoms with Crippen molar-refractivity contribution in [2.45, 2.75) is 43.2 Å². The molecule has 1 aromatic carbocycles. The molecule has 2 aliphatic rings. The zero-order valence-electron chi connectivity index (χ0n) is 14.1. The van der Waals surface area contributed by atoms with E-state index in [0.29, 0.717) is 38.4 Å². The number of benzene rings is 1. The van der Waals surface area contributed by atoms with Gasteiger partial charge in [0.2, 0.25) is 10.0 Å². The van der Waals surface area contributed by atoms with Gasteiger partial charge in [0, 0.05) is 18.7 Å². The molecule has 138 valence electrons. The fraction of sp³-hybridized carbons (Fsp3) is 0.588. The lowest BCUT2D eigenvalue weighted by atomic mass is 9.89. The predicted octanol–water partition coefficient (Wildman–Crippen LogP) is 1.73. The maximum atomic E-state index is 12.9. The summed E-state index contributed by atoms with van der Waals surface area (Å²) in [6, 6.07) is 5.61. The molecule has 0 spiro atoms. The second-order valence-corrected chi connectivity index (χ2v) is 8.17. The molecule has 2 aliphatic heterocycles. The van der Waals surface area contributed by atoms with Crippen LogP contribution in [-0.2, 0) is 19.6 Å². The molecule has 8 heteroatoms. The van der Waals surface area contributed by atoms with Gasteiger partial charge in [0.15, 0.2) is 0 Å². The zero-order chi connectivity index (χ0) is 18.0. The van der Waals surface area contributed by atoms with E-state index < -0.39 is 28.0 Å². The van der Waals surface area contributed by atoms with Gasteiger partial charge in [-0.3, -0.25) is 4.79 Å². The third kappa shape index (κ3) is 3.51. The van der Waals surface area contributed by atoms with Crippen LogP contribution in [0.15, 0.2) is 29.2 Å². The Morgan fingerprint density at radius 3 is 2.56 bits per heavy atom. The van der Waals surface area contributed by atoms with Gasteiger partial charge in [-0.25, -0.2) is 8.42 Å². The summed E-state index contributed by atoms with van der Waals surface area (Å²) >= 11 is 0. The van der Waals surface area contributed by atoms with E-state index in [1.54, 1.807) is 12.1 Å². The molecular weight excluding hydrogens is 346 g/mol. The molecule has 0 aromatic heterocycles. The number of carbonyl (C=O) groups is 1. The molecule has 0 aliphatic carbocycles. The van der Waals surface area contributed by atoms with Gasteiger partial charge in [0.05, 0.1) is 17.4 Å².